The van der Waals surface area contributed by atoms with E-state index >= 15 is 0 Å². The van der Waals surface area contributed by atoms with E-state index in [0.29, 0.717) is 18.3 Å². The lowest BCUT2D eigenvalue weighted by Crippen LogP contribution is -2.48. The second-order valence-electron chi connectivity index (χ2n) is 7.55. The van der Waals surface area contributed by atoms with Gasteiger partial charge in [-0.05, 0) is 31.3 Å². The number of piperazine rings is 1. The van der Waals surface area contributed by atoms with Gasteiger partial charge in [0.1, 0.15) is 5.82 Å². The molecule has 3 aromatic heterocycles. The number of carbonyl (C=O) groups excluding carboxylic acids is 1. The van der Waals surface area contributed by atoms with Crippen LogP contribution in [0.2, 0.25) is 0 Å². The van der Waals surface area contributed by atoms with Crippen molar-refractivity contribution in [3.63, 3.8) is 0 Å². The lowest BCUT2D eigenvalue weighted by atomic mass is 10.2. The third kappa shape index (κ3) is 5.32. The first-order chi connectivity index (χ1) is 14.6. The number of rotatable bonds is 8. The molecule has 3 aromatic rings. The van der Waals surface area contributed by atoms with Crippen LogP contribution in [-0.2, 0) is 18.3 Å². The number of amides is 1. The van der Waals surface area contributed by atoms with Crippen LogP contribution in [0.3, 0.4) is 0 Å². The summed E-state index contributed by atoms with van der Waals surface area (Å²) in [5.41, 5.74) is 0.893. The topological polar surface area (TPSA) is 92.3 Å². The third-order valence-corrected chi connectivity index (χ3v) is 6.04. The molecule has 1 N–H and O–H groups in total. The summed E-state index contributed by atoms with van der Waals surface area (Å²) >= 11 is 1.61. The van der Waals surface area contributed by atoms with Crippen molar-refractivity contribution in [3.8, 4) is 10.7 Å². The van der Waals surface area contributed by atoms with Crippen molar-refractivity contribution in [3.05, 3.63) is 35.2 Å². The fourth-order valence-electron chi connectivity index (χ4n) is 3.60. The second-order valence-corrected chi connectivity index (χ2v) is 8.50. The number of nitrogens with zero attached hydrogens (tertiary/aromatic N) is 6. The minimum absolute atomic E-state index is 0.00406. The predicted molar refractivity (Wildman–Crippen MR) is 115 cm³/mol. The zero-order valence-corrected chi connectivity index (χ0v) is 18.2. The molecule has 0 radical (unpaired) electrons. The Labute approximate surface area is 179 Å². The number of aromatic nitrogens is 4. The fraction of sp³-hybridized carbons (Fsp3) is 0.500. The van der Waals surface area contributed by atoms with Gasteiger partial charge in [-0.25, -0.2) is 0 Å². The molecule has 4 heterocycles. The van der Waals surface area contributed by atoms with E-state index in [2.05, 4.69) is 30.4 Å². The van der Waals surface area contributed by atoms with Crippen LogP contribution in [0.5, 0.6) is 0 Å². The van der Waals surface area contributed by atoms with Crippen molar-refractivity contribution < 1.29 is 9.32 Å². The number of hydrogen-bond donors (Lipinski definition) is 1. The second kappa shape index (κ2) is 9.50. The SMILES string of the molecule is Cc1cc(NC(=O)CN2CCN(CCCc3nc(-c4cccs4)no3)CC2)n(C)n1. The van der Waals surface area contributed by atoms with Crippen LogP contribution in [-0.4, -0.2) is 74.9 Å². The van der Waals surface area contributed by atoms with Crippen LogP contribution < -0.4 is 5.32 Å². The summed E-state index contributed by atoms with van der Waals surface area (Å²) < 4.78 is 7.06. The van der Waals surface area contributed by atoms with Gasteiger partial charge >= 0.3 is 0 Å². The fourth-order valence-corrected chi connectivity index (χ4v) is 4.25. The van der Waals surface area contributed by atoms with Crippen molar-refractivity contribution >= 4 is 23.1 Å². The number of hydrogen-bond acceptors (Lipinski definition) is 8. The highest BCUT2D eigenvalue weighted by Crippen LogP contribution is 2.21. The number of nitrogens with one attached hydrogen (secondary N) is 1. The zero-order valence-electron chi connectivity index (χ0n) is 17.4. The molecular weight excluding hydrogens is 402 g/mol. The van der Waals surface area contributed by atoms with Gasteiger partial charge in [-0.15, -0.1) is 11.3 Å². The first kappa shape index (κ1) is 20.7. The largest absolute Gasteiger partial charge is 0.339 e. The lowest BCUT2D eigenvalue weighted by Gasteiger charge is -2.34. The van der Waals surface area contributed by atoms with Crippen molar-refractivity contribution in [2.24, 2.45) is 7.05 Å². The molecule has 1 fully saturated rings. The number of carbonyl (C=O) groups is 1. The third-order valence-electron chi connectivity index (χ3n) is 5.18. The van der Waals surface area contributed by atoms with Gasteiger partial charge in [-0.1, -0.05) is 11.2 Å². The van der Waals surface area contributed by atoms with E-state index in [9.17, 15) is 4.79 Å². The van der Waals surface area contributed by atoms with Crippen molar-refractivity contribution in [2.75, 3.05) is 44.6 Å². The monoisotopic (exact) mass is 429 g/mol. The molecule has 1 aliphatic rings. The molecule has 160 valence electrons. The number of aryl methyl sites for hydroxylation is 3. The van der Waals surface area contributed by atoms with Crippen LogP contribution in [0, 0.1) is 6.92 Å². The van der Waals surface area contributed by atoms with Gasteiger partial charge in [0, 0.05) is 45.7 Å². The van der Waals surface area contributed by atoms with E-state index in [1.54, 1.807) is 16.0 Å². The van der Waals surface area contributed by atoms with E-state index in [1.165, 1.54) is 0 Å². The molecule has 10 heteroatoms. The van der Waals surface area contributed by atoms with Crippen LogP contribution in [0.1, 0.15) is 18.0 Å². The molecule has 4 rings (SSSR count). The normalized spacial score (nSPS) is 15.5. The summed E-state index contributed by atoms with van der Waals surface area (Å²) in [6.07, 6.45) is 1.76. The minimum Gasteiger partial charge on any atom is -0.339 e. The number of thiophene rings is 1. The minimum atomic E-state index is 0.00406. The van der Waals surface area contributed by atoms with Gasteiger partial charge in [0.05, 0.1) is 17.1 Å². The Morgan fingerprint density at radius 2 is 2.07 bits per heavy atom. The van der Waals surface area contributed by atoms with Crippen molar-refractivity contribution in [1.82, 2.24) is 29.7 Å². The maximum absolute atomic E-state index is 12.3. The lowest BCUT2D eigenvalue weighted by molar-refractivity contribution is -0.117. The quantitative estimate of drug-likeness (QED) is 0.586. The average Bonchev–Trinajstić information content (AvgIpc) is 3.45. The molecule has 0 aromatic carbocycles. The molecule has 1 saturated heterocycles. The van der Waals surface area contributed by atoms with Crippen LogP contribution in [0.15, 0.2) is 28.1 Å². The maximum atomic E-state index is 12.3. The van der Waals surface area contributed by atoms with E-state index in [4.69, 9.17) is 4.52 Å². The van der Waals surface area contributed by atoms with E-state index < -0.39 is 0 Å². The van der Waals surface area contributed by atoms with Crippen molar-refractivity contribution in [1.29, 1.82) is 0 Å². The van der Waals surface area contributed by atoms with Gasteiger partial charge in [0.25, 0.3) is 0 Å². The molecule has 0 atom stereocenters. The standard InChI is InChI=1S/C20H27N7O2S/c1-15-13-17(25(2)23-15)21-18(28)14-27-10-8-26(9-11-27)7-3-6-19-22-20(24-29-19)16-5-4-12-30-16/h4-5,12-13H,3,6-11,14H2,1-2H3,(H,21,28). The van der Waals surface area contributed by atoms with Gasteiger partial charge in [-0.3, -0.25) is 14.4 Å². The Hall–Kier alpha value is -2.56. The molecular formula is C20H27N7O2S. The van der Waals surface area contributed by atoms with Crippen LogP contribution >= 0.6 is 11.3 Å². The van der Waals surface area contributed by atoms with Gasteiger partial charge < -0.3 is 14.7 Å². The van der Waals surface area contributed by atoms with Gasteiger partial charge in [0.15, 0.2) is 0 Å². The molecule has 1 aliphatic heterocycles. The molecule has 0 bridgehead atoms. The molecule has 30 heavy (non-hydrogen) atoms. The van der Waals surface area contributed by atoms with E-state index in [1.807, 2.05) is 37.6 Å². The first-order valence-electron chi connectivity index (χ1n) is 10.2. The Bertz CT molecular complexity index is 958. The van der Waals surface area contributed by atoms with Crippen LogP contribution in [0.25, 0.3) is 10.7 Å². The zero-order chi connectivity index (χ0) is 20.9. The van der Waals surface area contributed by atoms with Gasteiger partial charge in [-0.2, -0.15) is 10.1 Å². The molecule has 9 nitrogen and oxygen atoms in total. The van der Waals surface area contributed by atoms with Gasteiger partial charge in [0.2, 0.25) is 17.6 Å². The Balaban J connectivity index is 1.14. The summed E-state index contributed by atoms with van der Waals surface area (Å²) in [6, 6.07) is 5.86. The average molecular weight is 430 g/mol. The van der Waals surface area contributed by atoms with Crippen molar-refractivity contribution in [2.45, 2.75) is 19.8 Å². The highest BCUT2D eigenvalue weighted by atomic mass is 32.1. The number of anilines is 1. The maximum Gasteiger partial charge on any atom is 0.239 e. The summed E-state index contributed by atoms with van der Waals surface area (Å²) in [5, 5.41) is 13.3. The summed E-state index contributed by atoms with van der Waals surface area (Å²) in [6.45, 7) is 7.01. The molecule has 0 saturated carbocycles. The predicted octanol–water partition coefficient (Wildman–Crippen LogP) is 2.03. The Morgan fingerprint density at radius 1 is 1.27 bits per heavy atom. The Kier molecular flexibility index (Phi) is 6.56. The molecule has 0 aliphatic carbocycles. The van der Waals surface area contributed by atoms with E-state index in [-0.39, 0.29) is 5.91 Å². The highest BCUT2D eigenvalue weighted by molar-refractivity contribution is 7.13. The molecule has 0 spiro atoms. The summed E-state index contributed by atoms with van der Waals surface area (Å²) in [4.78, 5) is 22.4. The smallest absolute Gasteiger partial charge is 0.239 e. The van der Waals surface area contributed by atoms with Crippen LogP contribution in [0.4, 0.5) is 5.82 Å². The van der Waals surface area contributed by atoms with E-state index in [0.717, 1.165) is 62.0 Å². The summed E-state index contributed by atoms with van der Waals surface area (Å²) in [5.74, 6) is 2.11. The molecule has 0 unspecified atom stereocenters. The Morgan fingerprint density at radius 3 is 2.77 bits per heavy atom. The molecule has 1 amide bonds. The highest BCUT2D eigenvalue weighted by Gasteiger charge is 2.19. The first-order valence-corrected chi connectivity index (χ1v) is 11.1. The summed E-state index contributed by atoms with van der Waals surface area (Å²) in [7, 11) is 1.83.